The third kappa shape index (κ3) is 48.4. The summed E-state index contributed by atoms with van der Waals surface area (Å²) in [5, 5.41) is 17.2. The second kappa shape index (κ2) is 44.1. The number of unbranched alkanes of at least 4 members (excludes halogenated alkanes) is 29. The van der Waals surface area contributed by atoms with E-state index in [0.29, 0.717) is 13.0 Å². The standard InChI is InChI=1S/C18H36O2.C18H38O.Ca.2H/c1-2-3-4-5-6-7-8-9-10-11-12-13-14-15-16-17-18(19)20;1-2-3-4-5-6-7-8-9-10-11-12-13-14-15-16-17-18-19;;;/h2-17H2,1H3,(H,19,20);19H,2-18H2,1H3;;;. The summed E-state index contributed by atoms with van der Waals surface area (Å²) in [6, 6.07) is 0. The molecule has 3 nitrogen and oxygen atoms in total. The van der Waals surface area contributed by atoms with Crippen molar-refractivity contribution < 1.29 is 15.0 Å². The molecule has 0 atom stereocenters. The van der Waals surface area contributed by atoms with Crippen molar-refractivity contribution in [2.75, 3.05) is 6.61 Å². The predicted octanol–water partition coefficient (Wildman–Crippen LogP) is 11.7. The Kier molecular flexibility index (Phi) is 49.8. The van der Waals surface area contributed by atoms with Gasteiger partial charge in [0.25, 0.3) is 0 Å². The van der Waals surface area contributed by atoms with E-state index in [4.69, 9.17) is 10.2 Å². The van der Waals surface area contributed by atoms with Crippen LogP contribution >= 0.6 is 0 Å². The first kappa shape index (κ1) is 45.1. The average molecular weight is 597 g/mol. The molecule has 0 saturated carbocycles. The Morgan fingerprint density at radius 3 is 0.775 bits per heavy atom. The summed E-state index contributed by atoms with van der Waals surface area (Å²) in [6.45, 7) is 4.93. The van der Waals surface area contributed by atoms with Crippen molar-refractivity contribution in [1.29, 1.82) is 0 Å². The number of hydrogen-bond donors (Lipinski definition) is 2. The van der Waals surface area contributed by atoms with Gasteiger partial charge < -0.3 is 10.2 Å². The van der Waals surface area contributed by atoms with Gasteiger partial charge in [0.1, 0.15) is 0 Å². The third-order valence-corrected chi connectivity index (χ3v) is 8.01. The fraction of sp³-hybridized carbons (Fsp3) is 0.972. The second-order valence-electron chi connectivity index (χ2n) is 12.1. The van der Waals surface area contributed by atoms with E-state index in [1.807, 2.05) is 0 Å². The second-order valence-corrected chi connectivity index (χ2v) is 12.1. The van der Waals surface area contributed by atoms with Gasteiger partial charge in [0.15, 0.2) is 0 Å². The Morgan fingerprint density at radius 2 is 0.575 bits per heavy atom. The molecule has 40 heavy (non-hydrogen) atoms. The van der Waals surface area contributed by atoms with Crippen molar-refractivity contribution in [2.45, 2.75) is 219 Å². The number of carboxylic acids is 1. The van der Waals surface area contributed by atoms with Gasteiger partial charge in [-0.15, -0.1) is 0 Å². The Labute approximate surface area is 282 Å². The van der Waals surface area contributed by atoms with Crippen LogP contribution in [-0.2, 0) is 4.79 Å². The maximum absolute atomic E-state index is 10.3. The molecular weight excluding hydrogens is 520 g/mol. The molecule has 0 aromatic rings. The summed E-state index contributed by atoms with van der Waals surface area (Å²) in [5.41, 5.74) is 0. The van der Waals surface area contributed by atoms with Gasteiger partial charge in [0.05, 0.1) is 0 Å². The molecule has 0 rings (SSSR count). The molecule has 0 spiro atoms. The van der Waals surface area contributed by atoms with Gasteiger partial charge in [-0.05, 0) is 12.8 Å². The fourth-order valence-electron chi connectivity index (χ4n) is 5.31. The van der Waals surface area contributed by atoms with E-state index < -0.39 is 5.97 Å². The van der Waals surface area contributed by atoms with Crippen LogP contribution in [0.4, 0.5) is 0 Å². The Morgan fingerprint density at radius 1 is 0.375 bits per heavy atom. The van der Waals surface area contributed by atoms with Crippen LogP contribution in [0.3, 0.4) is 0 Å². The Balaban J connectivity index is -0.000000669. The first-order chi connectivity index (χ1) is 19.2. The first-order valence-electron chi connectivity index (χ1n) is 18.0. The third-order valence-electron chi connectivity index (χ3n) is 8.01. The van der Waals surface area contributed by atoms with Gasteiger partial charge in [-0.3, -0.25) is 4.79 Å². The van der Waals surface area contributed by atoms with Gasteiger partial charge in [-0.1, -0.05) is 200 Å². The molecule has 0 radical (unpaired) electrons. The molecule has 0 bridgehead atoms. The van der Waals surface area contributed by atoms with Crippen LogP contribution < -0.4 is 0 Å². The fourth-order valence-corrected chi connectivity index (χ4v) is 5.31. The van der Waals surface area contributed by atoms with E-state index in [9.17, 15) is 4.79 Å². The van der Waals surface area contributed by atoms with E-state index in [1.54, 1.807) is 0 Å². The van der Waals surface area contributed by atoms with Crippen LogP contribution in [0.5, 0.6) is 0 Å². The molecule has 0 aliphatic heterocycles. The van der Waals surface area contributed by atoms with Crippen molar-refractivity contribution in [3.05, 3.63) is 0 Å². The van der Waals surface area contributed by atoms with Gasteiger partial charge in [-0.25, -0.2) is 0 Å². The number of aliphatic hydroxyl groups is 1. The number of rotatable bonds is 32. The van der Waals surface area contributed by atoms with E-state index in [-0.39, 0.29) is 37.7 Å². The average Bonchev–Trinajstić information content (AvgIpc) is 2.93. The number of hydrogen-bond acceptors (Lipinski definition) is 2. The number of aliphatic carboxylic acids is 1. The molecule has 0 unspecified atom stereocenters. The van der Waals surface area contributed by atoms with Crippen LogP contribution in [0, 0.1) is 0 Å². The molecule has 0 saturated heterocycles. The normalized spacial score (nSPS) is 10.7. The van der Waals surface area contributed by atoms with E-state index in [1.165, 1.54) is 180 Å². The minimum absolute atomic E-state index is 0. The summed E-state index contributed by atoms with van der Waals surface area (Å²) in [7, 11) is 0. The topological polar surface area (TPSA) is 57.5 Å². The molecule has 0 fully saturated rings. The van der Waals surface area contributed by atoms with Crippen molar-refractivity contribution in [3.8, 4) is 0 Å². The van der Waals surface area contributed by atoms with Crippen molar-refractivity contribution in [3.63, 3.8) is 0 Å². The molecule has 240 valence electrons. The van der Waals surface area contributed by atoms with Crippen LogP contribution in [0.15, 0.2) is 0 Å². The SMILES string of the molecule is CCCCCCCCCCCCCCCCCC(=O)O.CCCCCCCCCCCCCCCCCCO.[CaH2]. The molecule has 0 aromatic carbocycles. The zero-order valence-corrected chi connectivity index (χ0v) is 27.1. The molecule has 0 aliphatic carbocycles. The van der Waals surface area contributed by atoms with Crippen LogP contribution in [-0.4, -0.2) is 60.5 Å². The van der Waals surface area contributed by atoms with Crippen LogP contribution in [0.2, 0.25) is 0 Å². The monoisotopic (exact) mass is 597 g/mol. The molecule has 0 aliphatic rings. The predicted molar refractivity (Wildman–Crippen MR) is 182 cm³/mol. The summed E-state index contributed by atoms with van der Waals surface area (Å²) >= 11 is 0. The van der Waals surface area contributed by atoms with Crippen LogP contribution in [0.1, 0.15) is 219 Å². The van der Waals surface area contributed by atoms with Crippen molar-refractivity contribution in [1.82, 2.24) is 0 Å². The van der Waals surface area contributed by atoms with Crippen LogP contribution in [0.25, 0.3) is 0 Å². The molecular formula is C36H76CaO3. The number of aliphatic hydroxyl groups excluding tert-OH is 1. The molecule has 4 heteroatoms. The van der Waals surface area contributed by atoms with Gasteiger partial charge in [0.2, 0.25) is 0 Å². The molecule has 0 amide bonds. The Bertz CT molecular complexity index is 414. The van der Waals surface area contributed by atoms with Gasteiger partial charge >= 0.3 is 43.7 Å². The summed E-state index contributed by atoms with van der Waals surface area (Å²) in [4.78, 5) is 10.3. The van der Waals surface area contributed by atoms with E-state index >= 15 is 0 Å². The zero-order chi connectivity index (χ0) is 28.9. The van der Waals surface area contributed by atoms with Gasteiger partial charge in [-0.2, -0.15) is 0 Å². The minimum atomic E-state index is -0.653. The molecule has 2 N–H and O–H groups in total. The summed E-state index contributed by atoms with van der Waals surface area (Å²) in [6.07, 6.45) is 42.4. The maximum atomic E-state index is 10.3. The zero-order valence-electron chi connectivity index (χ0n) is 27.1. The molecule has 0 aromatic heterocycles. The quantitative estimate of drug-likeness (QED) is 0.0600. The number of carboxylic acid groups (broad SMARTS) is 1. The summed E-state index contributed by atoms with van der Waals surface area (Å²) in [5.74, 6) is -0.653. The van der Waals surface area contributed by atoms with E-state index in [2.05, 4.69) is 13.8 Å². The van der Waals surface area contributed by atoms with Crippen molar-refractivity contribution >= 4 is 43.7 Å². The summed E-state index contributed by atoms with van der Waals surface area (Å²) < 4.78 is 0. The Hall–Kier alpha value is 0.690. The van der Waals surface area contributed by atoms with E-state index in [0.717, 1.165) is 19.3 Å². The van der Waals surface area contributed by atoms with Crippen molar-refractivity contribution in [2.24, 2.45) is 0 Å². The first-order valence-corrected chi connectivity index (χ1v) is 18.0. The van der Waals surface area contributed by atoms with Gasteiger partial charge in [0, 0.05) is 13.0 Å². The molecule has 0 heterocycles. The number of carbonyl (C=O) groups is 1.